The minimum absolute atomic E-state index is 0.00721. The Labute approximate surface area is 161 Å². The highest BCUT2D eigenvalue weighted by Gasteiger charge is 2.42. The molecule has 146 valence electrons. The molecule has 0 radical (unpaired) electrons. The van der Waals surface area contributed by atoms with Gasteiger partial charge in [-0.05, 0) is 26.0 Å². The molecule has 0 amide bonds. The SMILES string of the molecule is CC(C)(Cn1c(C(F)(F)F)cc([N+](=O)[O-])c1-c1ccc(Cl)c(Cl)c1)C(=O)O. The molecule has 6 nitrogen and oxygen atoms in total. The molecular weight excluding hydrogens is 412 g/mol. The number of nitrogens with zero attached hydrogens (tertiary/aromatic N) is 2. The van der Waals surface area contributed by atoms with E-state index in [9.17, 15) is 33.2 Å². The van der Waals surface area contributed by atoms with E-state index in [0.29, 0.717) is 10.6 Å². The van der Waals surface area contributed by atoms with Gasteiger partial charge in [-0.1, -0.05) is 29.3 Å². The molecule has 0 saturated carbocycles. The van der Waals surface area contributed by atoms with Crippen LogP contribution in [0.2, 0.25) is 10.0 Å². The maximum absolute atomic E-state index is 13.5. The molecule has 1 aromatic carbocycles. The molecule has 0 bridgehead atoms. The molecule has 1 aromatic heterocycles. The highest BCUT2D eigenvalue weighted by molar-refractivity contribution is 6.42. The summed E-state index contributed by atoms with van der Waals surface area (Å²) < 4.78 is 41.1. The van der Waals surface area contributed by atoms with Crippen LogP contribution in [0.1, 0.15) is 19.5 Å². The number of carboxylic acids is 1. The number of benzene rings is 1. The minimum atomic E-state index is -4.94. The maximum atomic E-state index is 13.5. The molecule has 27 heavy (non-hydrogen) atoms. The van der Waals surface area contributed by atoms with Gasteiger partial charge in [0.2, 0.25) is 0 Å². The Bertz CT molecular complexity index is 923. The third-order valence-electron chi connectivity index (χ3n) is 3.89. The predicted octanol–water partition coefficient (Wildman–Crippen LogP) is 5.50. The number of aromatic nitrogens is 1. The Morgan fingerprint density at radius 1 is 1.22 bits per heavy atom. The topological polar surface area (TPSA) is 85.4 Å². The third-order valence-corrected chi connectivity index (χ3v) is 4.63. The first kappa shape index (κ1) is 21.0. The van der Waals surface area contributed by atoms with E-state index in [1.54, 1.807) is 0 Å². The summed E-state index contributed by atoms with van der Waals surface area (Å²) in [6, 6.07) is 4.14. The van der Waals surface area contributed by atoms with E-state index in [4.69, 9.17) is 23.2 Å². The van der Waals surface area contributed by atoms with Crippen LogP contribution < -0.4 is 0 Å². The molecule has 0 aliphatic rings. The second-order valence-electron chi connectivity index (χ2n) is 6.42. The standard InChI is InChI=1S/C16H13Cl2F3N2O4/c1-15(2,14(24)25)7-22-12(16(19,20)21)6-11(23(26)27)13(22)8-3-4-9(17)10(18)5-8/h3-6H,7H2,1-2H3,(H,24,25). The largest absolute Gasteiger partial charge is 0.481 e. The fraction of sp³-hybridized carbons (Fsp3) is 0.312. The molecule has 1 N–H and O–H groups in total. The van der Waals surface area contributed by atoms with E-state index in [1.807, 2.05) is 0 Å². The monoisotopic (exact) mass is 424 g/mol. The Morgan fingerprint density at radius 3 is 2.26 bits per heavy atom. The molecule has 0 saturated heterocycles. The summed E-state index contributed by atoms with van der Waals surface area (Å²) in [6.45, 7) is 1.79. The first-order valence-corrected chi connectivity index (χ1v) is 8.15. The highest BCUT2D eigenvalue weighted by atomic mass is 35.5. The fourth-order valence-electron chi connectivity index (χ4n) is 2.48. The lowest BCUT2D eigenvalue weighted by Gasteiger charge is -2.24. The van der Waals surface area contributed by atoms with Crippen LogP contribution in [-0.4, -0.2) is 20.6 Å². The number of hydrogen-bond acceptors (Lipinski definition) is 3. The number of carboxylic acid groups (broad SMARTS) is 1. The van der Waals surface area contributed by atoms with E-state index >= 15 is 0 Å². The molecule has 0 atom stereocenters. The summed E-state index contributed by atoms with van der Waals surface area (Å²) in [4.78, 5) is 21.8. The van der Waals surface area contributed by atoms with Crippen molar-refractivity contribution in [2.24, 2.45) is 5.41 Å². The van der Waals surface area contributed by atoms with Crippen molar-refractivity contribution >= 4 is 34.9 Å². The quantitative estimate of drug-likeness (QED) is 0.507. The van der Waals surface area contributed by atoms with E-state index in [-0.39, 0.29) is 15.6 Å². The molecule has 0 aliphatic carbocycles. The Hall–Kier alpha value is -2.26. The van der Waals surface area contributed by atoms with Gasteiger partial charge in [0, 0.05) is 18.2 Å². The van der Waals surface area contributed by atoms with E-state index in [0.717, 1.165) is 0 Å². The Kier molecular flexibility index (Phi) is 5.49. The number of hydrogen-bond donors (Lipinski definition) is 1. The zero-order chi connectivity index (χ0) is 20.7. The number of halogens is 5. The molecule has 11 heteroatoms. The van der Waals surface area contributed by atoms with Crippen LogP contribution >= 0.6 is 23.2 Å². The van der Waals surface area contributed by atoms with E-state index in [1.165, 1.54) is 32.0 Å². The van der Waals surface area contributed by atoms with Crippen molar-refractivity contribution < 1.29 is 28.0 Å². The van der Waals surface area contributed by atoms with Gasteiger partial charge in [-0.15, -0.1) is 0 Å². The summed E-state index contributed by atoms with van der Waals surface area (Å²) in [5.41, 5.74) is -4.17. The fourth-order valence-corrected chi connectivity index (χ4v) is 2.78. The third kappa shape index (κ3) is 4.19. The lowest BCUT2D eigenvalue weighted by atomic mass is 9.93. The predicted molar refractivity (Wildman–Crippen MR) is 93.0 cm³/mol. The molecule has 0 unspecified atom stereocenters. The van der Waals surface area contributed by atoms with Crippen molar-refractivity contribution in [3.8, 4) is 11.3 Å². The molecular formula is C16H13Cl2F3N2O4. The van der Waals surface area contributed by atoms with Crippen LogP contribution in [-0.2, 0) is 17.5 Å². The minimum Gasteiger partial charge on any atom is -0.481 e. The van der Waals surface area contributed by atoms with E-state index < -0.39 is 46.1 Å². The van der Waals surface area contributed by atoms with Gasteiger partial charge in [0.15, 0.2) is 0 Å². The number of aliphatic carboxylic acids is 1. The first-order chi connectivity index (χ1) is 12.3. The number of nitro groups is 1. The van der Waals surface area contributed by atoms with Gasteiger partial charge in [-0.3, -0.25) is 14.9 Å². The van der Waals surface area contributed by atoms with Crippen molar-refractivity contribution in [3.05, 3.63) is 50.1 Å². The van der Waals surface area contributed by atoms with Crippen LogP contribution in [0.3, 0.4) is 0 Å². The van der Waals surface area contributed by atoms with Crippen LogP contribution in [0.25, 0.3) is 11.3 Å². The molecule has 2 rings (SSSR count). The second kappa shape index (κ2) is 7.05. The van der Waals surface area contributed by atoms with Crippen LogP contribution in [0.15, 0.2) is 24.3 Å². The van der Waals surface area contributed by atoms with Gasteiger partial charge in [-0.25, -0.2) is 0 Å². The number of alkyl halides is 3. The maximum Gasteiger partial charge on any atom is 0.431 e. The Morgan fingerprint density at radius 2 is 1.81 bits per heavy atom. The van der Waals surface area contributed by atoms with Crippen molar-refractivity contribution in [1.82, 2.24) is 4.57 Å². The van der Waals surface area contributed by atoms with Gasteiger partial charge in [0.1, 0.15) is 11.4 Å². The smallest absolute Gasteiger partial charge is 0.431 e. The molecule has 0 fully saturated rings. The number of carbonyl (C=O) groups is 1. The average Bonchev–Trinajstić information content (AvgIpc) is 2.89. The van der Waals surface area contributed by atoms with Crippen molar-refractivity contribution in [2.75, 3.05) is 0 Å². The summed E-state index contributed by atoms with van der Waals surface area (Å²) in [5.74, 6) is -1.35. The van der Waals surface area contributed by atoms with E-state index in [2.05, 4.69) is 0 Å². The summed E-state index contributed by atoms with van der Waals surface area (Å²) >= 11 is 11.7. The zero-order valence-electron chi connectivity index (χ0n) is 14.0. The summed E-state index contributed by atoms with van der Waals surface area (Å²) in [7, 11) is 0. The second-order valence-corrected chi connectivity index (χ2v) is 7.24. The van der Waals surface area contributed by atoms with Gasteiger partial charge in [0.25, 0.3) is 5.69 Å². The van der Waals surface area contributed by atoms with Crippen LogP contribution in [0.4, 0.5) is 18.9 Å². The molecule has 1 heterocycles. The van der Waals surface area contributed by atoms with Crippen molar-refractivity contribution in [2.45, 2.75) is 26.6 Å². The summed E-state index contributed by atoms with van der Waals surface area (Å²) in [5, 5.41) is 20.8. The molecule has 2 aromatic rings. The van der Waals surface area contributed by atoms with Gasteiger partial charge in [0.05, 0.1) is 20.4 Å². The Balaban J connectivity index is 2.86. The number of rotatable bonds is 5. The lowest BCUT2D eigenvalue weighted by Crippen LogP contribution is -2.31. The van der Waals surface area contributed by atoms with Crippen molar-refractivity contribution in [1.29, 1.82) is 0 Å². The average molecular weight is 425 g/mol. The zero-order valence-corrected chi connectivity index (χ0v) is 15.5. The summed E-state index contributed by atoms with van der Waals surface area (Å²) in [6.07, 6.45) is -4.94. The normalized spacial score (nSPS) is 12.3. The van der Waals surface area contributed by atoms with Crippen LogP contribution in [0.5, 0.6) is 0 Å². The first-order valence-electron chi connectivity index (χ1n) is 7.39. The van der Waals surface area contributed by atoms with Crippen molar-refractivity contribution in [3.63, 3.8) is 0 Å². The van der Waals surface area contributed by atoms with Gasteiger partial charge < -0.3 is 9.67 Å². The van der Waals surface area contributed by atoms with Gasteiger partial charge in [-0.2, -0.15) is 13.2 Å². The highest BCUT2D eigenvalue weighted by Crippen LogP contribution is 2.43. The van der Waals surface area contributed by atoms with Crippen LogP contribution in [0, 0.1) is 15.5 Å². The van der Waals surface area contributed by atoms with Gasteiger partial charge >= 0.3 is 12.1 Å². The lowest BCUT2D eigenvalue weighted by molar-refractivity contribution is -0.384. The molecule has 0 aliphatic heterocycles. The molecule has 0 spiro atoms.